The Morgan fingerprint density at radius 2 is 2.23 bits per heavy atom. The van der Waals surface area contributed by atoms with E-state index >= 15 is 0 Å². The zero-order chi connectivity index (χ0) is 9.26. The molecule has 2 rings (SSSR count). The lowest BCUT2D eigenvalue weighted by Gasteiger charge is -2.44. The number of thioether (sulfide) groups is 1. The van der Waals surface area contributed by atoms with Crippen LogP contribution in [0.5, 0.6) is 0 Å². The van der Waals surface area contributed by atoms with E-state index in [0.717, 1.165) is 24.5 Å². The van der Waals surface area contributed by atoms with Gasteiger partial charge in [0.2, 0.25) is 0 Å². The molecule has 2 fully saturated rings. The highest BCUT2D eigenvalue weighted by Crippen LogP contribution is 2.34. The van der Waals surface area contributed by atoms with Crippen molar-refractivity contribution in [2.45, 2.75) is 31.3 Å². The second kappa shape index (κ2) is 4.20. The minimum Gasteiger partial charge on any atom is -0.330 e. The van der Waals surface area contributed by atoms with Gasteiger partial charge in [-0.2, -0.15) is 11.8 Å². The summed E-state index contributed by atoms with van der Waals surface area (Å²) in [6.45, 7) is 0.884. The highest BCUT2D eigenvalue weighted by Gasteiger charge is 2.36. The van der Waals surface area contributed by atoms with E-state index in [9.17, 15) is 0 Å². The first-order valence-corrected chi connectivity index (χ1v) is 6.48. The Kier molecular flexibility index (Phi) is 3.17. The fraction of sp³-hybridized carbons (Fsp3) is 1.00. The van der Waals surface area contributed by atoms with E-state index in [4.69, 9.17) is 5.73 Å². The van der Waals surface area contributed by atoms with Gasteiger partial charge in [0.25, 0.3) is 0 Å². The maximum Gasteiger partial charge on any atom is 0.0194 e. The Bertz CT molecular complexity index is 166. The molecule has 2 nitrogen and oxygen atoms in total. The standard InChI is InChI=1S/C10H20N2S/c1-12(9-4-5-13-7-9)10-3-2-8(10)6-11/h8-10H,2-7,11H2,1H3. The van der Waals surface area contributed by atoms with Gasteiger partial charge in [-0.25, -0.2) is 0 Å². The number of nitrogens with zero attached hydrogens (tertiary/aromatic N) is 1. The smallest absolute Gasteiger partial charge is 0.0194 e. The summed E-state index contributed by atoms with van der Waals surface area (Å²) in [7, 11) is 2.29. The first kappa shape index (κ1) is 9.81. The van der Waals surface area contributed by atoms with E-state index in [0.29, 0.717) is 0 Å². The van der Waals surface area contributed by atoms with Gasteiger partial charge in [-0.05, 0) is 44.5 Å². The van der Waals surface area contributed by atoms with E-state index in [1.165, 1.54) is 30.8 Å². The lowest BCUT2D eigenvalue weighted by Crippen LogP contribution is -2.51. The minimum absolute atomic E-state index is 0.788. The van der Waals surface area contributed by atoms with Crippen LogP contribution >= 0.6 is 11.8 Å². The molecule has 2 N–H and O–H groups in total. The quantitative estimate of drug-likeness (QED) is 0.741. The summed E-state index contributed by atoms with van der Waals surface area (Å²) < 4.78 is 0. The number of hydrogen-bond donors (Lipinski definition) is 1. The van der Waals surface area contributed by atoms with Crippen LogP contribution in [0.4, 0.5) is 0 Å². The monoisotopic (exact) mass is 200 g/mol. The maximum atomic E-state index is 5.73. The van der Waals surface area contributed by atoms with Crippen molar-refractivity contribution in [1.29, 1.82) is 0 Å². The molecule has 76 valence electrons. The summed E-state index contributed by atoms with van der Waals surface area (Å²) in [5.74, 6) is 3.48. The zero-order valence-corrected chi connectivity index (χ0v) is 9.22. The van der Waals surface area contributed by atoms with Crippen molar-refractivity contribution < 1.29 is 0 Å². The van der Waals surface area contributed by atoms with E-state index in [1.807, 2.05) is 0 Å². The van der Waals surface area contributed by atoms with Crippen LogP contribution in [0, 0.1) is 5.92 Å². The van der Waals surface area contributed by atoms with Gasteiger partial charge in [-0.1, -0.05) is 0 Å². The molecule has 3 atom stereocenters. The average molecular weight is 200 g/mol. The number of rotatable bonds is 3. The van der Waals surface area contributed by atoms with Gasteiger partial charge in [0.1, 0.15) is 0 Å². The topological polar surface area (TPSA) is 29.3 Å². The molecule has 13 heavy (non-hydrogen) atoms. The molecule has 0 radical (unpaired) electrons. The molecule has 0 bridgehead atoms. The van der Waals surface area contributed by atoms with Crippen molar-refractivity contribution >= 4 is 11.8 Å². The van der Waals surface area contributed by atoms with Crippen molar-refractivity contribution in [3.8, 4) is 0 Å². The van der Waals surface area contributed by atoms with Crippen molar-refractivity contribution in [3.63, 3.8) is 0 Å². The van der Waals surface area contributed by atoms with Gasteiger partial charge in [0.05, 0.1) is 0 Å². The average Bonchev–Trinajstić information content (AvgIpc) is 2.54. The molecule has 0 amide bonds. The highest BCUT2D eigenvalue weighted by atomic mass is 32.2. The van der Waals surface area contributed by atoms with Crippen LogP contribution in [0.25, 0.3) is 0 Å². The molecule has 0 spiro atoms. The maximum absolute atomic E-state index is 5.73. The van der Waals surface area contributed by atoms with Gasteiger partial charge in [0, 0.05) is 17.8 Å². The van der Waals surface area contributed by atoms with Gasteiger partial charge < -0.3 is 5.73 Å². The number of nitrogens with two attached hydrogens (primary N) is 1. The van der Waals surface area contributed by atoms with Crippen LogP contribution in [0.2, 0.25) is 0 Å². The Balaban J connectivity index is 1.85. The Morgan fingerprint density at radius 3 is 2.69 bits per heavy atom. The third kappa shape index (κ3) is 1.88. The van der Waals surface area contributed by atoms with Crippen molar-refractivity contribution in [3.05, 3.63) is 0 Å². The molecule has 0 aromatic rings. The lowest BCUT2D eigenvalue weighted by molar-refractivity contribution is 0.0623. The molecule has 3 unspecified atom stereocenters. The van der Waals surface area contributed by atoms with Gasteiger partial charge in [0.15, 0.2) is 0 Å². The highest BCUT2D eigenvalue weighted by molar-refractivity contribution is 7.99. The molecule has 1 saturated heterocycles. The van der Waals surface area contributed by atoms with Crippen molar-refractivity contribution in [2.24, 2.45) is 11.7 Å². The van der Waals surface area contributed by atoms with Crippen LogP contribution < -0.4 is 5.73 Å². The molecule has 0 aromatic carbocycles. The van der Waals surface area contributed by atoms with Crippen molar-refractivity contribution in [2.75, 3.05) is 25.1 Å². The van der Waals surface area contributed by atoms with Crippen LogP contribution in [-0.4, -0.2) is 42.1 Å². The molecular weight excluding hydrogens is 180 g/mol. The summed E-state index contributed by atoms with van der Waals surface area (Å²) in [4.78, 5) is 2.60. The lowest BCUT2D eigenvalue weighted by atomic mass is 9.78. The summed E-state index contributed by atoms with van der Waals surface area (Å²) in [6, 6.07) is 1.64. The molecule has 1 heterocycles. The largest absolute Gasteiger partial charge is 0.330 e. The van der Waals surface area contributed by atoms with Crippen LogP contribution in [0.15, 0.2) is 0 Å². The Morgan fingerprint density at radius 1 is 1.38 bits per heavy atom. The summed E-state index contributed by atoms with van der Waals surface area (Å²) in [5.41, 5.74) is 5.73. The van der Waals surface area contributed by atoms with E-state index in [-0.39, 0.29) is 0 Å². The second-order valence-corrected chi connectivity index (χ2v) is 5.47. The molecule has 0 aromatic heterocycles. The molecule has 3 heteroatoms. The first-order valence-electron chi connectivity index (χ1n) is 5.32. The van der Waals surface area contributed by atoms with Gasteiger partial charge in [-0.15, -0.1) is 0 Å². The third-order valence-electron chi connectivity index (χ3n) is 3.68. The predicted octanol–water partition coefficient (Wildman–Crippen LogP) is 1.16. The van der Waals surface area contributed by atoms with Gasteiger partial charge in [-0.3, -0.25) is 4.90 Å². The van der Waals surface area contributed by atoms with E-state index in [1.54, 1.807) is 0 Å². The fourth-order valence-electron chi connectivity index (χ4n) is 2.48. The molecule has 1 aliphatic carbocycles. The first-order chi connectivity index (χ1) is 6.33. The van der Waals surface area contributed by atoms with E-state index in [2.05, 4.69) is 23.7 Å². The zero-order valence-electron chi connectivity index (χ0n) is 8.41. The summed E-state index contributed by atoms with van der Waals surface area (Å²) in [6.07, 6.45) is 4.11. The number of hydrogen-bond acceptors (Lipinski definition) is 3. The minimum atomic E-state index is 0.788. The van der Waals surface area contributed by atoms with Crippen molar-refractivity contribution in [1.82, 2.24) is 4.90 Å². The van der Waals surface area contributed by atoms with Gasteiger partial charge >= 0.3 is 0 Å². The molecule has 1 saturated carbocycles. The fourth-order valence-corrected chi connectivity index (χ4v) is 3.76. The van der Waals surface area contributed by atoms with Crippen LogP contribution in [0.3, 0.4) is 0 Å². The second-order valence-electron chi connectivity index (χ2n) is 4.32. The Hall–Kier alpha value is 0.270. The SMILES string of the molecule is CN(C1CCSC1)C1CCC1CN. The summed E-state index contributed by atoms with van der Waals surface area (Å²) in [5, 5.41) is 0. The molecule has 2 aliphatic rings. The van der Waals surface area contributed by atoms with Crippen LogP contribution in [-0.2, 0) is 0 Å². The van der Waals surface area contributed by atoms with E-state index < -0.39 is 0 Å². The van der Waals surface area contributed by atoms with Crippen LogP contribution in [0.1, 0.15) is 19.3 Å². The Labute approximate surface area is 85.2 Å². The molecular formula is C10H20N2S. The normalized spacial score (nSPS) is 39.5. The third-order valence-corrected chi connectivity index (χ3v) is 4.83. The predicted molar refractivity (Wildman–Crippen MR) is 59.1 cm³/mol. The molecule has 1 aliphatic heterocycles. The summed E-state index contributed by atoms with van der Waals surface area (Å²) >= 11 is 2.10.